The fourth-order valence-corrected chi connectivity index (χ4v) is 1.61. The molecule has 0 saturated heterocycles. The van der Waals surface area contributed by atoms with Gasteiger partial charge in [0.1, 0.15) is 5.75 Å². The standard InChI is InChI=1S/C9H12N2O/c1-12-8-3-2-7(10)9-6(8)4-5-11-9/h2-3,11H,4-5,10H2,1H3. The van der Waals surface area contributed by atoms with Gasteiger partial charge in [-0.05, 0) is 18.6 Å². The number of ether oxygens (including phenoxy) is 1. The Kier molecular flexibility index (Phi) is 1.57. The molecule has 3 N–H and O–H groups in total. The van der Waals surface area contributed by atoms with Crippen LogP contribution in [0.15, 0.2) is 12.1 Å². The number of nitrogens with two attached hydrogens (primary N) is 1. The molecule has 3 heteroatoms. The van der Waals surface area contributed by atoms with Gasteiger partial charge < -0.3 is 15.8 Å². The minimum atomic E-state index is 0.809. The molecule has 1 aromatic carbocycles. The van der Waals surface area contributed by atoms with Gasteiger partial charge in [0.2, 0.25) is 0 Å². The summed E-state index contributed by atoms with van der Waals surface area (Å²) in [6.07, 6.45) is 1.00. The van der Waals surface area contributed by atoms with Crippen molar-refractivity contribution in [2.45, 2.75) is 6.42 Å². The lowest BCUT2D eigenvalue weighted by atomic mass is 10.1. The summed E-state index contributed by atoms with van der Waals surface area (Å²) in [5.41, 5.74) is 8.84. The molecule has 0 fully saturated rings. The van der Waals surface area contributed by atoms with E-state index in [2.05, 4.69) is 5.32 Å². The van der Waals surface area contributed by atoms with Gasteiger partial charge in [0.25, 0.3) is 0 Å². The largest absolute Gasteiger partial charge is 0.496 e. The number of methoxy groups -OCH3 is 1. The molecular weight excluding hydrogens is 152 g/mol. The third-order valence-corrected chi connectivity index (χ3v) is 2.20. The number of hydrogen-bond acceptors (Lipinski definition) is 3. The van der Waals surface area contributed by atoms with E-state index >= 15 is 0 Å². The van der Waals surface area contributed by atoms with Crippen molar-refractivity contribution < 1.29 is 4.74 Å². The van der Waals surface area contributed by atoms with E-state index in [-0.39, 0.29) is 0 Å². The average molecular weight is 164 g/mol. The van der Waals surface area contributed by atoms with Crippen LogP contribution in [0.3, 0.4) is 0 Å². The Morgan fingerprint density at radius 2 is 2.33 bits per heavy atom. The molecule has 0 amide bonds. The first-order valence-corrected chi connectivity index (χ1v) is 4.02. The predicted molar refractivity (Wildman–Crippen MR) is 49.6 cm³/mol. The smallest absolute Gasteiger partial charge is 0.124 e. The van der Waals surface area contributed by atoms with Crippen LogP contribution < -0.4 is 15.8 Å². The lowest BCUT2D eigenvalue weighted by Crippen LogP contribution is -1.96. The molecule has 0 aromatic heterocycles. The highest BCUT2D eigenvalue weighted by molar-refractivity contribution is 5.75. The van der Waals surface area contributed by atoms with Crippen LogP contribution in [0.1, 0.15) is 5.56 Å². The van der Waals surface area contributed by atoms with Crippen molar-refractivity contribution in [1.82, 2.24) is 0 Å². The van der Waals surface area contributed by atoms with Crippen molar-refractivity contribution in [1.29, 1.82) is 0 Å². The Balaban J connectivity index is 2.57. The van der Waals surface area contributed by atoms with Gasteiger partial charge in [0.15, 0.2) is 0 Å². The van der Waals surface area contributed by atoms with Gasteiger partial charge in [-0.2, -0.15) is 0 Å². The zero-order valence-corrected chi connectivity index (χ0v) is 7.05. The molecule has 0 saturated carbocycles. The quantitative estimate of drug-likeness (QED) is 0.614. The van der Waals surface area contributed by atoms with Crippen molar-refractivity contribution in [3.63, 3.8) is 0 Å². The molecule has 0 atom stereocenters. The second-order valence-corrected chi connectivity index (χ2v) is 2.89. The summed E-state index contributed by atoms with van der Waals surface area (Å²) in [6.45, 7) is 0.958. The maximum absolute atomic E-state index is 5.78. The zero-order valence-electron chi connectivity index (χ0n) is 7.05. The van der Waals surface area contributed by atoms with E-state index in [9.17, 15) is 0 Å². The first kappa shape index (κ1) is 7.28. The number of anilines is 2. The van der Waals surface area contributed by atoms with Gasteiger partial charge in [-0.3, -0.25) is 0 Å². The molecule has 3 nitrogen and oxygen atoms in total. The molecule has 1 aliphatic heterocycles. The lowest BCUT2D eigenvalue weighted by Gasteiger charge is -2.08. The minimum absolute atomic E-state index is 0.809. The van der Waals surface area contributed by atoms with Gasteiger partial charge in [-0.1, -0.05) is 0 Å². The van der Waals surface area contributed by atoms with Crippen molar-refractivity contribution in [2.24, 2.45) is 0 Å². The molecule has 0 unspecified atom stereocenters. The molecule has 64 valence electrons. The van der Waals surface area contributed by atoms with Crippen LogP contribution in [0.5, 0.6) is 5.75 Å². The summed E-state index contributed by atoms with van der Waals surface area (Å²) in [7, 11) is 1.68. The SMILES string of the molecule is COc1ccc(N)c2c1CCN2. The molecule has 1 aromatic rings. The Labute approximate surface area is 71.5 Å². The average Bonchev–Trinajstić information content (AvgIpc) is 2.54. The molecular formula is C9H12N2O. The fraction of sp³-hybridized carbons (Fsp3) is 0.333. The molecule has 1 heterocycles. The molecule has 0 radical (unpaired) electrons. The summed E-state index contributed by atoms with van der Waals surface area (Å²) in [5.74, 6) is 0.934. The minimum Gasteiger partial charge on any atom is -0.496 e. The molecule has 0 aliphatic carbocycles. The van der Waals surface area contributed by atoms with Crippen LogP contribution in [-0.2, 0) is 6.42 Å². The summed E-state index contributed by atoms with van der Waals surface area (Å²) >= 11 is 0. The number of hydrogen-bond donors (Lipinski definition) is 2. The van der Waals surface area contributed by atoms with Crippen LogP contribution in [0.2, 0.25) is 0 Å². The van der Waals surface area contributed by atoms with Crippen LogP contribution in [0.25, 0.3) is 0 Å². The molecule has 2 rings (SSSR count). The van der Waals surface area contributed by atoms with E-state index < -0.39 is 0 Å². The van der Waals surface area contributed by atoms with E-state index in [1.54, 1.807) is 7.11 Å². The van der Waals surface area contributed by atoms with E-state index in [0.717, 1.165) is 30.1 Å². The van der Waals surface area contributed by atoms with Crippen LogP contribution in [0.4, 0.5) is 11.4 Å². The maximum atomic E-state index is 5.78. The second-order valence-electron chi connectivity index (χ2n) is 2.89. The lowest BCUT2D eigenvalue weighted by molar-refractivity contribution is 0.411. The van der Waals surface area contributed by atoms with Gasteiger partial charge in [0, 0.05) is 12.1 Å². The topological polar surface area (TPSA) is 47.3 Å². The van der Waals surface area contributed by atoms with Gasteiger partial charge >= 0.3 is 0 Å². The van der Waals surface area contributed by atoms with Crippen LogP contribution in [-0.4, -0.2) is 13.7 Å². The monoisotopic (exact) mass is 164 g/mol. The molecule has 0 spiro atoms. The van der Waals surface area contributed by atoms with Crippen molar-refractivity contribution in [3.05, 3.63) is 17.7 Å². The number of nitrogens with one attached hydrogen (secondary N) is 1. The third-order valence-electron chi connectivity index (χ3n) is 2.20. The number of nitrogen functional groups attached to an aromatic ring is 1. The van der Waals surface area contributed by atoms with E-state index in [4.69, 9.17) is 10.5 Å². The van der Waals surface area contributed by atoms with Crippen LogP contribution >= 0.6 is 0 Å². The van der Waals surface area contributed by atoms with Gasteiger partial charge in [-0.25, -0.2) is 0 Å². The van der Waals surface area contributed by atoms with E-state index in [1.807, 2.05) is 12.1 Å². The highest BCUT2D eigenvalue weighted by Gasteiger charge is 2.16. The summed E-state index contributed by atoms with van der Waals surface area (Å²) in [6, 6.07) is 3.79. The van der Waals surface area contributed by atoms with Gasteiger partial charge in [0.05, 0.1) is 18.5 Å². The molecule has 12 heavy (non-hydrogen) atoms. The Morgan fingerprint density at radius 3 is 3.08 bits per heavy atom. The summed E-state index contributed by atoms with van der Waals surface area (Å²) in [5, 5.41) is 3.24. The fourth-order valence-electron chi connectivity index (χ4n) is 1.61. The first-order chi connectivity index (χ1) is 5.83. The molecule has 0 bridgehead atoms. The zero-order chi connectivity index (χ0) is 8.55. The Morgan fingerprint density at radius 1 is 1.50 bits per heavy atom. The van der Waals surface area contributed by atoms with Crippen molar-refractivity contribution in [3.8, 4) is 5.75 Å². The third kappa shape index (κ3) is 0.897. The second kappa shape index (κ2) is 2.59. The number of benzene rings is 1. The molecule has 1 aliphatic rings. The maximum Gasteiger partial charge on any atom is 0.124 e. The highest BCUT2D eigenvalue weighted by atomic mass is 16.5. The predicted octanol–water partition coefficient (Wildman–Crippen LogP) is 1.25. The van der Waals surface area contributed by atoms with E-state index in [1.165, 1.54) is 5.56 Å². The number of rotatable bonds is 1. The van der Waals surface area contributed by atoms with Crippen molar-refractivity contribution in [2.75, 3.05) is 24.7 Å². The highest BCUT2D eigenvalue weighted by Crippen LogP contribution is 2.35. The summed E-state index contributed by atoms with van der Waals surface area (Å²) in [4.78, 5) is 0. The summed E-state index contributed by atoms with van der Waals surface area (Å²) < 4.78 is 5.22. The van der Waals surface area contributed by atoms with Gasteiger partial charge in [-0.15, -0.1) is 0 Å². The van der Waals surface area contributed by atoms with Crippen LogP contribution in [0, 0.1) is 0 Å². The Hall–Kier alpha value is -1.38. The number of fused-ring (bicyclic) bond motifs is 1. The normalized spacial score (nSPS) is 13.8. The van der Waals surface area contributed by atoms with Crippen molar-refractivity contribution >= 4 is 11.4 Å². The van der Waals surface area contributed by atoms with E-state index in [0.29, 0.717) is 0 Å². The first-order valence-electron chi connectivity index (χ1n) is 4.02. The Bertz CT molecular complexity index is 310.